The summed E-state index contributed by atoms with van der Waals surface area (Å²) in [5, 5.41) is 0. The molecule has 3 nitrogen and oxygen atoms in total. The van der Waals surface area contributed by atoms with Crippen LogP contribution in [0.2, 0.25) is 0 Å². The number of rotatable bonds is 5. The fourth-order valence-corrected chi connectivity index (χ4v) is 6.19. The zero-order valence-electron chi connectivity index (χ0n) is 25.0. The second-order valence-electron chi connectivity index (χ2n) is 11.4. The number of imidazole rings is 1. The highest BCUT2D eigenvalue weighted by atomic mass is 15.2. The summed E-state index contributed by atoms with van der Waals surface area (Å²) in [4.78, 5) is 4.59. The Kier molecular flexibility index (Phi) is 6.71. The molecule has 0 aliphatic carbocycles. The van der Waals surface area contributed by atoms with E-state index >= 15 is 0 Å². The topological polar surface area (TPSA) is 21.7 Å². The van der Waals surface area contributed by atoms with Gasteiger partial charge in [0, 0.05) is 23.5 Å². The molecule has 7 aromatic rings. The van der Waals surface area contributed by atoms with Crippen molar-refractivity contribution in [1.29, 1.82) is 0 Å². The molecule has 0 N–H and O–H groups in total. The second kappa shape index (κ2) is 10.8. The third-order valence-electron chi connectivity index (χ3n) is 8.61. The van der Waals surface area contributed by atoms with E-state index in [9.17, 15) is 0 Å². The molecule has 0 amide bonds. The summed E-state index contributed by atoms with van der Waals surface area (Å²) in [6.07, 6.45) is 3.88. The van der Waals surface area contributed by atoms with Gasteiger partial charge in [0.25, 0.3) is 5.82 Å². The van der Waals surface area contributed by atoms with Crippen LogP contribution < -0.4 is 4.57 Å². The molecule has 0 saturated carbocycles. The number of benzene rings is 5. The maximum Gasteiger partial charge on any atom is 0.296 e. The zero-order chi connectivity index (χ0) is 29.5. The Balaban J connectivity index is 1.71. The summed E-state index contributed by atoms with van der Waals surface area (Å²) in [5.74, 6) is 1.10. The molecule has 0 aliphatic heterocycles. The van der Waals surface area contributed by atoms with E-state index in [-0.39, 0.29) is 0 Å². The zero-order valence-corrected chi connectivity index (χ0v) is 25.0. The van der Waals surface area contributed by atoms with Gasteiger partial charge in [0.05, 0.1) is 12.6 Å². The van der Waals surface area contributed by atoms with Gasteiger partial charge in [-0.05, 0) is 90.0 Å². The van der Waals surface area contributed by atoms with Gasteiger partial charge in [0.2, 0.25) is 0 Å². The van der Waals surface area contributed by atoms with Gasteiger partial charge < -0.3 is 0 Å². The van der Waals surface area contributed by atoms with Crippen LogP contribution in [0, 0.1) is 20.8 Å². The van der Waals surface area contributed by atoms with E-state index < -0.39 is 0 Å². The lowest BCUT2D eigenvalue weighted by atomic mass is 9.90. The number of fused-ring (bicyclic) bond motifs is 1. The predicted molar refractivity (Wildman–Crippen MR) is 178 cm³/mol. The second-order valence-corrected chi connectivity index (χ2v) is 11.4. The Hall–Kier alpha value is -5.28. The summed E-state index contributed by atoms with van der Waals surface area (Å²) < 4.78 is 4.81. The Labute approximate surface area is 253 Å². The van der Waals surface area contributed by atoms with Gasteiger partial charge >= 0.3 is 0 Å². The lowest BCUT2D eigenvalue weighted by Crippen LogP contribution is -2.30. The summed E-state index contributed by atoms with van der Waals surface area (Å²) in [7, 11) is 2.18. The Bertz CT molecular complexity index is 2030. The van der Waals surface area contributed by atoms with E-state index in [1.807, 2.05) is 12.4 Å². The first-order chi connectivity index (χ1) is 21.0. The van der Waals surface area contributed by atoms with Crippen molar-refractivity contribution >= 4 is 11.0 Å². The molecule has 2 heterocycles. The highest BCUT2D eigenvalue weighted by Gasteiger charge is 2.32. The predicted octanol–water partition coefficient (Wildman–Crippen LogP) is 9.44. The van der Waals surface area contributed by atoms with Crippen LogP contribution in [0.15, 0.2) is 134 Å². The summed E-state index contributed by atoms with van der Waals surface area (Å²) >= 11 is 0. The number of pyridine rings is 1. The number of hydrogen-bond acceptors (Lipinski definition) is 1. The van der Waals surface area contributed by atoms with Crippen molar-refractivity contribution in [2.75, 3.05) is 0 Å². The van der Waals surface area contributed by atoms with Crippen LogP contribution in [0.3, 0.4) is 0 Å². The van der Waals surface area contributed by atoms with Crippen molar-refractivity contribution < 1.29 is 4.57 Å². The van der Waals surface area contributed by atoms with E-state index in [1.165, 1.54) is 61.1 Å². The van der Waals surface area contributed by atoms with Gasteiger partial charge in [-0.3, -0.25) is 4.98 Å². The van der Waals surface area contributed by atoms with Crippen LogP contribution in [-0.4, -0.2) is 9.55 Å². The molecule has 2 aromatic heterocycles. The van der Waals surface area contributed by atoms with Crippen LogP contribution in [0.1, 0.15) is 16.7 Å². The lowest BCUT2D eigenvalue weighted by Gasteiger charge is -2.18. The summed E-state index contributed by atoms with van der Waals surface area (Å²) in [6, 6.07) is 43.7. The van der Waals surface area contributed by atoms with Crippen LogP contribution >= 0.6 is 0 Å². The van der Waals surface area contributed by atoms with Crippen molar-refractivity contribution in [3.8, 4) is 50.5 Å². The monoisotopic (exact) mass is 556 g/mol. The minimum absolute atomic E-state index is 1.10. The van der Waals surface area contributed by atoms with E-state index in [0.29, 0.717) is 0 Å². The fraction of sp³-hybridized carbons (Fsp3) is 0.100. The average Bonchev–Trinajstić information content (AvgIpc) is 3.32. The van der Waals surface area contributed by atoms with Crippen molar-refractivity contribution in [1.82, 2.24) is 9.55 Å². The SMILES string of the molecule is Cc1cc2c(cc1C)[n+](C)c(-c1cnccc1C)n2-c1c(-c2ccccc2)cc(-c2ccccc2)cc1-c1ccccc1. The molecular weight excluding hydrogens is 522 g/mol. The third-order valence-corrected chi connectivity index (χ3v) is 8.61. The number of aromatic nitrogens is 3. The largest absolute Gasteiger partial charge is 0.296 e. The molecule has 5 aromatic carbocycles. The lowest BCUT2D eigenvalue weighted by molar-refractivity contribution is -0.633. The standard InChI is InChI=1S/C40H34N3/c1-27-20-21-41-26-36(27)40-42(4)37-22-28(2)29(3)23-38(37)43(40)39-34(31-16-10-6-11-17-31)24-33(30-14-8-5-9-15-30)25-35(39)32-18-12-7-13-19-32/h5-26H,1-4H3/q+1. The first-order valence-corrected chi connectivity index (χ1v) is 14.8. The van der Waals surface area contributed by atoms with Crippen molar-refractivity contribution in [3.63, 3.8) is 0 Å². The molecule has 3 heteroatoms. The fourth-order valence-electron chi connectivity index (χ4n) is 6.19. The molecule has 0 bridgehead atoms. The normalized spacial score (nSPS) is 11.3. The van der Waals surface area contributed by atoms with Crippen LogP contribution in [0.5, 0.6) is 0 Å². The number of hydrogen-bond donors (Lipinski definition) is 0. The van der Waals surface area contributed by atoms with E-state index in [1.54, 1.807) is 0 Å². The molecule has 0 unspecified atom stereocenters. The molecule has 7 rings (SSSR count). The third kappa shape index (κ3) is 4.64. The molecule has 0 radical (unpaired) electrons. The Morgan fingerprint density at radius 3 is 1.63 bits per heavy atom. The number of aryl methyl sites for hydroxylation is 4. The molecular formula is C40H34N3+. The molecule has 0 aliphatic rings. The van der Waals surface area contributed by atoms with E-state index in [4.69, 9.17) is 0 Å². The average molecular weight is 557 g/mol. The van der Waals surface area contributed by atoms with Crippen molar-refractivity contribution in [2.24, 2.45) is 7.05 Å². The van der Waals surface area contributed by atoms with Crippen LogP contribution in [0.25, 0.3) is 61.5 Å². The molecule has 208 valence electrons. The maximum absolute atomic E-state index is 4.59. The van der Waals surface area contributed by atoms with Gasteiger partial charge in [-0.25, -0.2) is 4.57 Å². The molecule has 0 fully saturated rings. The van der Waals surface area contributed by atoms with E-state index in [2.05, 4.69) is 163 Å². The molecule has 0 saturated heterocycles. The minimum atomic E-state index is 1.10. The van der Waals surface area contributed by atoms with Crippen molar-refractivity contribution in [3.05, 3.63) is 150 Å². The van der Waals surface area contributed by atoms with Gasteiger partial charge in [0.1, 0.15) is 5.69 Å². The maximum atomic E-state index is 4.59. The number of nitrogens with zero attached hydrogens (tertiary/aromatic N) is 3. The summed E-state index contributed by atoms with van der Waals surface area (Å²) in [5.41, 5.74) is 15.5. The van der Waals surface area contributed by atoms with Crippen molar-refractivity contribution in [2.45, 2.75) is 20.8 Å². The highest BCUT2D eigenvalue weighted by Crippen LogP contribution is 2.43. The van der Waals surface area contributed by atoms with Crippen LogP contribution in [-0.2, 0) is 7.05 Å². The minimum Gasteiger partial charge on any atom is -0.264 e. The Morgan fingerprint density at radius 1 is 0.535 bits per heavy atom. The Morgan fingerprint density at radius 2 is 1.07 bits per heavy atom. The summed E-state index contributed by atoms with van der Waals surface area (Å²) in [6.45, 7) is 6.57. The van der Waals surface area contributed by atoms with Gasteiger partial charge in [0.15, 0.2) is 11.0 Å². The van der Waals surface area contributed by atoms with E-state index in [0.717, 1.165) is 17.1 Å². The quantitative estimate of drug-likeness (QED) is 0.194. The highest BCUT2D eigenvalue weighted by molar-refractivity contribution is 5.94. The molecule has 0 spiro atoms. The van der Waals surface area contributed by atoms with Crippen LogP contribution in [0.4, 0.5) is 0 Å². The van der Waals surface area contributed by atoms with Gasteiger partial charge in [-0.15, -0.1) is 0 Å². The smallest absolute Gasteiger partial charge is 0.264 e. The van der Waals surface area contributed by atoms with Gasteiger partial charge in [-0.1, -0.05) is 91.0 Å². The first-order valence-electron chi connectivity index (χ1n) is 14.8. The van der Waals surface area contributed by atoms with Gasteiger partial charge in [-0.2, -0.15) is 4.57 Å². The first kappa shape index (κ1) is 26.6. The molecule has 43 heavy (non-hydrogen) atoms. The molecule has 0 atom stereocenters.